The minimum Gasteiger partial charge on any atom is -0.390 e. The summed E-state index contributed by atoms with van der Waals surface area (Å²) in [4.78, 5) is 30.8. The van der Waals surface area contributed by atoms with Crippen molar-refractivity contribution in [1.29, 1.82) is 0 Å². The van der Waals surface area contributed by atoms with Gasteiger partial charge in [-0.05, 0) is 42.2 Å². The minimum absolute atomic E-state index is 0.0366. The number of nitrogens with one attached hydrogen (secondary N) is 3. The van der Waals surface area contributed by atoms with Gasteiger partial charge >= 0.3 is 6.03 Å². The number of sulfonamides is 1. The Bertz CT molecular complexity index is 2430. The third-order valence-electron chi connectivity index (χ3n) is 10.5. The zero-order valence-electron chi connectivity index (χ0n) is 30.6. The summed E-state index contributed by atoms with van der Waals surface area (Å²) in [5.74, 6) is 0.810. The highest BCUT2D eigenvalue weighted by molar-refractivity contribution is 7.89. The first-order chi connectivity index (χ1) is 27.6. The fourth-order valence-corrected chi connectivity index (χ4v) is 8.16. The van der Waals surface area contributed by atoms with Crippen LogP contribution in [0.5, 0.6) is 0 Å². The molecule has 1 aliphatic carbocycles. The highest BCUT2D eigenvalue weighted by Crippen LogP contribution is 2.40. The fourth-order valence-electron chi connectivity index (χ4n) is 7.60. The Balaban J connectivity index is 1.08. The van der Waals surface area contributed by atoms with Crippen LogP contribution in [0.2, 0.25) is 0 Å². The second-order valence-electron chi connectivity index (χ2n) is 14.2. The number of imidazole rings is 1. The van der Waals surface area contributed by atoms with Gasteiger partial charge in [-0.1, -0.05) is 66.7 Å². The van der Waals surface area contributed by atoms with E-state index in [9.17, 15) is 28.5 Å². The van der Waals surface area contributed by atoms with Crippen molar-refractivity contribution in [3.8, 4) is 0 Å². The molecule has 0 spiro atoms. The number of carbonyl (C=O) groups excluding carboxylic acids is 1. The van der Waals surface area contributed by atoms with Crippen molar-refractivity contribution >= 4 is 44.7 Å². The van der Waals surface area contributed by atoms with Gasteiger partial charge in [-0.3, -0.25) is 0 Å². The van der Waals surface area contributed by atoms with Gasteiger partial charge < -0.3 is 40.7 Å². The molecule has 3 aromatic carbocycles. The van der Waals surface area contributed by atoms with E-state index in [0.29, 0.717) is 54.7 Å². The monoisotopic (exact) mass is 794 g/mol. The summed E-state index contributed by atoms with van der Waals surface area (Å²) >= 11 is 0. The zero-order valence-corrected chi connectivity index (χ0v) is 31.4. The summed E-state index contributed by atoms with van der Waals surface area (Å²) < 4.78 is 25.4. The van der Waals surface area contributed by atoms with Gasteiger partial charge in [-0.2, -0.15) is 25.0 Å². The number of rotatable bonds is 12. The number of nitrogens with zero attached hydrogens (tertiary/aromatic N) is 8. The van der Waals surface area contributed by atoms with Crippen LogP contribution in [0.3, 0.4) is 0 Å². The fraction of sp³-hybridized carbons (Fsp3) is 0.316. The highest BCUT2D eigenvalue weighted by Gasteiger charge is 2.45. The van der Waals surface area contributed by atoms with Crippen LogP contribution in [0.25, 0.3) is 11.2 Å². The smallest absolute Gasteiger partial charge is 0.319 e. The van der Waals surface area contributed by atoms with Crippen LogP contribution in [0.15, 0.2) is 102 Å². The lowest BCUT2D eigenvalue weighted by Gasteiger charge is -2.22. The van der Waals surface area contributed by atoms with Gasteiger partial charge in [0.25, 0.3) is 0 Å². The SMILES string of the molecule is NS(=O)(=O)c1cccc(NC(=O)N[C@@H]2CCN(c3nc(NCC(c4ccccc4)c4ccccc4)c4ncn([C@@H]5C[C@H](n6ncc(CO)n6)[C@@H](O)[C@H]5O)c4n3)C2)c1. The van der Waals surface area contributed by atoms with E-state index < -0.39 is 40.3 Å². The second kappa shape index (κ2) is 15.9. The van der Waals surface area contributed by atoms with E-state index in [-0.39, 0.29) is 35.6 Å². The molecule has 5 atom stereocenters. The molecule has 0 radical (unpaired) electrons. The van der Waals surface area contributed by atoms with Crippen molar-refractivity contribution in [1.82, 2.24) is 39.8 Å². The molecule has 57 heavy (non-hydrogen) atoms. The lowest BCUT2D eigenvalue weighted by atomic mass is 9.91. The van der Waals surface area contributed by atoms with Crippen LogP contribution < -0.4 is 26.0 Å². The lowest BCUT2D eigenvalue weighted by Crippen LogP contribution is -2.40. The van der Waals surface area contributed by atoms with Crippen LogP contribution in [0.1, 0.15) is 47.7 Å². The number of benzene rings is 3. The number of amides is 2. The molecular formula is C38H42N12O6S. The Morgan fingerprint density at radius 2 is 1.67 bits per heavy atom. The first-order valence-electron chi connectivity index (χ1n) is 18.5. The van der Waals surface area contributed by atoms with Gasteiger partial charge in [-0.15, -0.1) is 0 Å². The van der Waals surface area contributed by atoms with E-state index in [2.05, 4.69) is 50.4 Å². The molecule has 2 aliphatic rings. The number of hydrogen-bond donors (Lipinski definition) is 7. The number of aliphatic hydroxyl groups excluding tert-OH is 3. The number of primary sulfonamides is 1. The van der Waals surface area contributed by atoms with E-state index in [1.165, 1.54) is 29.2 Å². The van der Waals surface area contributed by atoms with Crippen molar-refractivity contribution in [2.45, 2.75) is 60.6 Å². The van der Waals surface area contributed by atoms with Gasteiger partial charge in [0.1, 0.15) is 23.9 Å². The Labute approximate surface area is 327 Å². The number of aliphatic hydroxyl groups is 3. The predicted octanol–water partition coefficient (Wildman–Crippen LogP) is 2.11. The van der Waals surface area contributed by atoms with Crippen molar-refractivity contribution in [2.75, 3.05) is 35.2 Å². The second-order valence-corrected chi connectivity index (χ2v) is 15.8. The standard InChI is InChI=1S/C38H42N12O6S/c39-57(55,56)28-13-7-12-25(16-28)43-38(54)44-26-14-15-48(20-26)37-45-35(40-19-29(23-8-3-1-4-9-23)24-10-5-2-6-11-24)32-36(46-37)49(22-41-32)30-17-31(34(53)33(30)52)50-42-18-27(21-51)47-50/h1-13,16,18,22,26,29-31,33-34,51-53H,14-15,17,19-21H2,(H2,39,55,56)(H,40,45,46)(H2,43,44,54)/t26-,30-,31+,33+,34-/m1/s1. The topological polar surface area (TPSA) is 252 Å². The average molecular weight is 795 g/mol. The van der Waals surface area contributed by atoms with E-state index in [1.54, 1.807) is 17.0 Å². The first-order valence-corrected chi connectivity index (χ1v) is 20.0. The Morgan fingerprint density at radius 1 is 0.947 bits per heavy atom. The number of anilines is 3. The molecule has 1 saturated heterocycles. The number of carbonyl (C=O) groups is 1. The maximum Gasteiger partial charge on any atom is 0.319 e. The van der Waals surface area contributed by atoms with Crippen molar-refractivity contribution in [2.24, 2.45) is 5.14 Å². The molecule has 18 nitrogen and oxygen atoms in total. The average Bonchev–Trinajstić information content (AvgIpc) is 4.03. The molecule has 2 fully saturated rings. The van der Waals surface area contributed by atoms with E-state index in [1.807, 2.05) is 41.3 Å². The summed E-state index contributed by atoms with van der Waals surface area (Å²) in [5.41, 5.74) is 3.75. The maximum absolute atomic E-state index is 13.0. The normalized spacial score (nSPS) is 21.0. The predicted molar refractivity (Wildman–Crippen MR) is 210 cm³/mol. The van der Waals surface area contributed by atoms with E-state index >= 15 is 0 Å². The maximum atomic E-state index is 13.0. The van der Waals surface area contributed by atoms with Crippen LogP contribution in [0, 0.1) is 0 Å². The quantitative estimate of drug-likeness (QED) is 0.0939. The molecule has 0 unspecified atom stereocenters. The third kappa shape index (κ3) is 8.00. The minimum atomic E-state index is -3.95. The van der Waals surface area contributed by atoms with Crippen molar-refractivity contribution < 1.29 is 28.5 Å². The number of hydrogen-bond acceptors (Lipinski definition) is 13. The Hall–Kier alpha value is -5.99. The molecule has 6 aromatic rings. The molecule has 0 bridgehead atoms. The molecule has 2 amide bonds. The number of aromatic nitrogens is 7. The van der Waals surface area contributed by atoms with Gasteiger partial charge in [0.05, 0.1) is 30.1 Å². The van der Waals surface area contributed by atoms with Gasteiger partial charge in [0, 0.05) is 37.3 Å². The zero-order chi connectivity index (χ0) is 39.7. The molecule has 8 N–H and O–H groups in total. The number of fused-ring (bicyclic) bond motifs is 1. The molecule has 8 rings (SSSR count). The summed E-state index contributed by atoms with van der Waals surface area (Å²) in [7, 11) is -3.95. The van der Waals surface area contributed by atoms with Crippen molar-refractivity contribution in [3.63, 3.8) is 0 Å². The molecular weight excluding hydrogens is 753 g/mol. The largest absolute Gasteiger partial charge is 0.390 e. The first kappa shape index (κ1) is 37.9. The van der Waals surface area contributed by atoms with Crippen LogP contribution in [-0.2, 0) is 16.6 Å². The van der Waals surface area contributed by atoms with Crippen molar-refractivity contribution in [3.05, 3.63) is 114 Å². The van der Waals surface area contributed by atoms with Gasteiger partial charge in [0.2, 0.25) is 16.0 Å². The van der Waals surface area contributed by atoms with Crippen LogP contribution in [0.4, 0.5) is 22.2 Å². The molecule has 1 aliphatic heterocycles. The third-order valence-corrected chi connectivity index (χ3v) is 11.4. The lowest BCUT2D eigenvalue weighted by molar-refractivity contribution is 0.00491. The van der Waals surface area contributed by atoms with E-state index in [4.69, 9.17) is 20.1 Å². The molecule has 1 saturated carbocycles. The Kier molecular flexibility index (Phi) is 10.6. The molecule has 19 heteroatoms. The van der Waals surface area contributed by atoms with Gasteiger partial charge in [-0.25, -0.2) is 23.3 Å². The summed E-state index contributed by atoms with van der Waals surface area (Å²) in [5, 5.41) is 55.0. The summed E-state index contributed by atoms with van der Waals surface area (Å²) in [6.07, 6.45) is 1.41. The van der Waals surface area contributed by atoms with Crippen LogP contribution in [-0.4, -0.2) is 102 Å². The van der Waals surface area contributed by atoms with Gasteiger partial charge in [0.15, 0.2) is 17.0 Å². The van der Waals surface area contributed by atoms with E-state index in [0.717, 1.165) is 11.1 Å². The molecule has 296 valence electrons. The summed E-state index contributed by atoms with van der Waals surface area (Å²) in [6, 6.07) is 23.9. The number of urea groups is 1. The molecule has 4 heterocycles. The summed E-state index contributed by atoms with van der Waals surface area (Å²) in [6.45, 7) is 1.03. The van der Waals surface area contributed by atoms with Crippen LogP contribution >= 0.6 is 0 Å². The number of nitrogens with two attached hydrogens (primary N) is 1. The highest BCUT2D eigenvalue weighted by atomic mass is 32.2. The Morgan fingerprint density at radius 3 is 2.35 bits per heavy atom. The molecule has 3 aromatic heterocycles.